The Balaban J connectivity index is 1.64. The third-order valence-electron chi connectivity index (χ3n) is 6.20. The van der Waals surface area contributed by atoms with E-state index in [0.717, 1.165) is 33.9 Å². The van der Waals surface area contributed by atoms with Gasteiger partial charge in [-0.25, -0.2) is 15.0 Å². The Morgan fingerprint density at radius 2 is 1.14 bits per heavy atom. The second kappa shape index (κ2) is 8.40. The summed E-state index contributed by atoms with van der Waals surface area (Å²) in [6.07, 6.45) is 0. The van der Waals surface area contributed by atoms with Crippen molar-refractivity contribution in [2.45, 2.75) is 26.2 Å². The summed E-state index contributed by atoms with van der Waals surface area (Å²) in [7, 11) is 0. The van der Waals surface area contributed by atoms with Crippen LogP contribution in [0.5, 0.6) is 0 Å². The molecule has 35 heavy (non-hydrogen) atoms. The van der Waals surface area contributed by atoms with E-state index in [1.54, 1.807) is 0 Å². The van der Waals surface area contributed by atoms with Gasteiger partial charge in [0.1, 0.15) is 5.82 Å². The lowest BCUT2D eigenvalue weighted by atomic mass is 9.95. The van der Waals surface area contributed by atoms with Crippen LogP contribution in [0.4, 0.5) is 0 Å². The zero-order chi connectivity index (χ0) is 24.0. The molecule has 0 unspecified atom stereocenters. The molecule has 0 aliphatic heterocycles. The molecule has 6 aromatic rings. The Hall–Kier alpha value is -3.89. The van der Waals surface area contributed by atoms with Gasteiger partial charge in [-0.05, 0) is 23.3 Å². The van der Waals surface area contributed by atoms with Crippen molar-refractivity contribution in [2.24, 2.45) is 0 Å². The van der Waals surface area contributed by atoms with Gasteiger partial charge in [-0.3, -0.25) is 0 Å². The molecule has 0 fully saturated rings. The monoisotopic (exact) mass is 471 g/mol. The van der Waals surface area contributed by atoms with Gasteiger partial charge >= 0.3 is 0 Å². The van der Waals surface area contributed by atoms with Gasteiger partial charge in [0, 0.05) is 36.7 Å². The van der Waals surface area contributed by atoms with Gasteiger partial charge in [0.25, 0.3) is 0 Å². The molecular formula is C31H25N3S. The third kappa shape index (κ3) is 3.90. The number of rotatable bonds is 3. The van der Waals surface area contributed by atoms with Crippen LogP contribution >= 0.6 is 11.3 Å². The maximum atomic E-state index is 5.09. The molecule has 0 atom stereocenters. The zero-order valence-electron chi connectivity index (χ0n) is 20.0. The molecule has 6 rings (SSSR count). The normalized spacial score (nSPS) is 11.9. The van der Waals surface area contributed by atoms with Crippen LogP contribution in [0.15, 0.2) is 97.1 Å². The summed E-state index contributed by atoms with van der Waals surface area (Å²) in [6.45, 7) is 6.46. The van der Waals surface area contributed by atoms with Crippen molar-refractivity contribution in [1.29, 1.82) is 0 Å². The molecule has 3 nitrogen and oxygen atoms in total. The first-order valence-electron chi connectivity index (χ1n) is 11.8. The van der Waals surface area contributed by atoms with E-state index in [1.165, 1.54) is 20.2 Å². The molecule has 0 radical (unpaired) electrons. The van der Waals surface area contributed by atoms with Crippen LogP contribution in [0.1, 0.15) is 26.6 Å². The van der Waals surface area contributed by atoms with Crippen LogP contribution < -0.4 is 0 Å². The summed E-state index contributed by atoms with van der Waals surface area (Å²) in [5.74, 6) is 2.21. The highest BCUT2D eigenvalue weighted by molar-refractivity contribution is 7.25. The number of aromatic nitrogens is 3. The molecule has 0 saturated heterocycles. The largest absolute Gasteiger partial charge is 0.212 e. The van der Waals surface area contributed by atoms with Crippen LogP contribution in [0.25, 0.3) is 54.1 Å². The van der Waals surface area contributed by atoms with Crippen molar-refractivity contribution in [2.75, 3.05) is 0 Å². The van der Waals surface area contributed by atoms with E-state index in [0.29, 0.717) is 5.82 Å². The number of hydrogen-bond donors (Lipinski definition) is 0. The van der Waals surface area contributed by atoms with Crippen molar-refractivity contribution in [3.63, 3.8) is 0 Å². The average Bonchev–Trinajstić information content (AvgIpc) is 3.27. The zero-order valence-corrected chi connectivity index (χ0v) is 20.8. The molecule has 2 aromatic heterocycles. The molecule has 2 heterocycles. The lowest BCUT2D eigenvalue weighted by Gasteiger charge is -2.19. The topological polar surface area (TPSA) is 38.7 Å². The standard InChI is InChI=1S/C31H25N3S/c1-31(2,3)30-33-28(22-15-8-7-14-21(22)20-12-5-4-6-13-20)32-29(34-30)24-17-11-19-26-27(24)23-16-9-10-18-25(23)35-26/h4-19H,1-3H3. The highest BCUT2D eigenvalue weighted by Crippen LogP contribution is 2.40. The van der Waals surface area contributed by atoms with Crippen LogP contribution in [-0.4, -0.2) is 15.0 Å². The third-order valence-corrected chi connectivity index (χ3v) is 7.34. The smallest absolute Gasteiger partial charge is 0.164 e. The molecular weight excluding hydrogens is 446 g/mol. The molecule has 0 spiro atoms. The van der Waals surface area contributed by atoms with Crippen LogP contribution in [-0.2, 0) is 5.41 Å². The fourth-order valence-electron chi connectivity index (χ4n) is 4.46. The molecule has 0 amide bonds. The maximum Gasteiger partial charge on any atom is 0.164 e. The van der Waals surface area contributed by atoms with Crippen molar-refractivity contribution in [1.82, 2.24) is 15.0 Å². The highest BCUT2D eigenvalue weighted by atomic mass is 32.1. The summed E-state index contributed by atoms with van der Waals surface area (Å²) in [5.41, 5.74) is 4.10. The second-order valence-electron chi connectivity index (χ2n) is 9.74. The minimum absolute atomic E-state index is 0.223. The van der Waals surface area contributed by atoms with E-state index in [9.17, 15) is 0 Å². The van der Waals surface area contributed by atoms with Crippen LogP contribution in [0.2, 0.25) is 0 Å². The number of nitrogens with zero attached hydrogens (tertiary/aromatic N) is 3. The van der Waals surface area contributed by atoms with E-state index < -0.39 is 0 Å². The van der Waals surface area contributed by atoms with E-state index >= 15 is 0 Å². The predicted octanol–water partition coefficient (Wildman–Crippen LogP) is 8.54. The number of hydrogen-bond acceptors (Lipinski definition) is 4. The molecule has 0 N–H and O–H groups in total. The van der Waals surface area contributed by atoms with Crippen molar-refractivity contribution >= 4 is 31.5 Å². The Labute approximate surface area is 209 Å². The van der Waals surface area contributed by atoms with E-state index in [-0.39, 0.29) is 5.41 Å². The van der Waals surface area contributed by atoms with Gasteiger partial charge in [-0.15, -0.1) is 11.3 Å². The number of fused-ring (bicyclic) bond motifs is 3. The fraction of sp³-hybridized carbons (Fsp3) is 0.129. The van der Waals surface area contributed by atoms with Crippen LogP contribution in [0, 0.1) is 0 Å². The van der Waals surface area contributed by atoms with Gasteiger partial charge in [0.2, 0.25) is 0 Å². The van der Waals surface area contributed by atoms with Crippen molar-refractivity contribution < 1.29 is 0 Å². The summed E-state index contributed by atoms with van der Waals surface area (Å²) in [4.78, 5) is 15.1. The van der Waals surface area contributed by atoms with Crippen molar-refractivity contribution in [3.05, 3.63) is 103 Å². The molecule has 170 valence electrons. The summed E-state index contributed by atoms with van der Waals surface area (Å²) >= 11 is 1.81. The average molecular weight is 472 g/mol. The first kappa shape index (κ1) is 21.6. The lowest BCUT2D eigenvalue weighted by molar-refractivity contribution is 0.544. The Morgan fingerprint density at radius 3 is 1.91 bits per heavy atom. The molecule has 0 aliphatic carbocycles. The summed E-state index contributed by atoms with van der Waals surface area (Å²) < 4.78 is 2.52. The summed E-state index contributed by atoms with van der Waals surface area (Å²) in [5, 5.41) is 2.45. The summed E-state index contributed by atoms with van der Waals surface area (Å²) in [6, 6.07) is 33.8. The van der Waals surface area contributed by atoms with E-state index in [2.05, 4.69) is 112 Å². The van der Waals surface area contributed by atoms with Gasteiger partial charge in [-0.1, -0.05) is 106 Å². The number of thiophene rings is 1. The molecule has 4 heteroatoms. The molecule has 0 bridgehead atoms. The predicted molar refractivity (Wildman–Crippen MR) is 148 cm³/mol. The first-order valence-corrected chi connectivity index (χ1v) is 12.6. The quantitative estimate of drug-likeness (QED) is 0.259. The maximum absolute atomic E-state index is 5.09. The van der Waals surface area contributed by atoms with Gasteiger partial charge in [-0.2, -0.15) is 0 Å². The van der Waals surface area contributed by atoms with Crippen LogP contribution in [0.3, 0.4) is 0 Å². The highest BCUT2D eigenvalue weighted by Gasteiger charge is 2.23. The molecule has 0 saturated carbocycles. The van der Waals surface area contributed by atoms with Gasteiger partial charge < -0.3 is 0 Å². The molecule has 4 aromatic carbocycles. The molecule has 0 aliphatic rings. The second-order valence-corrected chi connectivity index (χ2v) is 10.8. The SMILES string of the molecule is CC(C)(C)c1nc(-c2ccccc2-c2ccccc2)nc(-c2cccc3sc4ccccc4c23)n1. The lowest BCUT2D eigenvalue weighted by Crippen LogP contribution is -2.18. The van der Waals surface area contributed by atoms with Gasteiger partial charge in [0.05, 0.1) is 0 Å². The first-order chi connectivity index (χ1) is 17.0. The van der Waals surface area contributed by atoms with Crippen molar-refractivity contribution in [3.8, 4) is 33.9 Å². The Bertz CT molecular complexity index is 1680. The van der Waals surface area contributed by atoms with Gasteiger partial charge in [0.15, 0.2) is 11.6 Å². The van der Waals surface area contributed by atoms with E-state index in [1.807, 2.05) is 17.4 Å². The van der Waals surface area contributed by atoms with E-state index in [4.69, 9.17) is 15.0 Å². The fourth-order valence-corrected chi connectivity index (χ4v) is 5.59. The number of benzene rings is 4. The Kier molecular flexibility index (Phi) is 5.19. The minimum atomic E-state index is -0.223. The minimum Gasteiger partial charge on any atom is -0.212 e. The Morgan fingerprint density at radius 1 is 0.543 bits per heavy atom.